The number of nitrogens with one attached hydrogen (secondary N) is 1. The van der Waals surface area contributed by atoms with E-state index in [1.165, 1.54) is 4.68 Å². The number of hydrogen-bond acceptors (Lipinski definition) is 6. The molecule has 0 aromatic carbocycles. The fourth-order valence-corrected chi connectivity index (χ4v) is 2.41. The van der Waals surface area contributed by atoms with E-state index in [-0.39, 0.29) is 12.2 Å². The molecule has 1 aromatic heterocycles. The first kappa shape index (κ1) is 19.3. The zero-order chi connectivity index (χ0) is 17.5. The Morgan fingerprint density at radius 1 is 1.39 bits per heavy atom. The van der Waals surface area contributed by atoms with Crippen LogP contribution < -0.4 is 5.32 Å². The van der Waals surface area contributed by atoms with Gasteiger partial charge in [0.1, 0.15) is 5.60 Å². The molecule has 0 aliphatic carbocycles. The van der Waals surface area contributed by atoms with Crippen molar-refractivity contribution in [2.45, 2.75) is 52.8 Å². The number of carboxylic acids is 1. The summed E-state index contributed by atoms with van der Waals surface area (Å²) in [6, 6.07) is 0. The highest BCUT2D eigenvalue weighted by Crippen LogP contribution is 2.10. The first-order valence-corrected chi connectivity index (χ1v) is 8.60. The van der Waals surface area contributed by atoms with Crippen LogP contribution in [0.4, 0.5) is 4.79 Å². The summed E-state index contributed by atoms with van der Waals surface area (Å²) in [5.74, 6) is 0.822. The molecule has 0 atom stereocenters. The number of alkyl carbamates (subject to hydrolysis) is 1. The lowest BCUT2D eigenvalue weighted by molar-refractivity contribution is 0.0519. The molecule has 0 saturated heterocycles. The Morgan fingerprint density at radius 2 is 2.09 bits per heavy atom. The highest BCUT2D eigenvalue weighted by atomic mass is 32.2. The van der Waals surface area contributed by atoms with Crippen molar-refractivity contribution in [3.8, 4) is 0 Å². The van der Waals surface area contributed by atoms with Gasteiger partial charge in [-0.15, -0.1) is 5.10 Å². The fourth-order valence-electron chi connectivity index (χ4n) is 1.78. The predicted molar refractivity (Wildman–Crippen MR) is 87.7 cm³/mol. The average molecular weight is 344 g/mol. The average Bonchev–Trinajstić information content (AvgIpc) is 2.82. The van der Waals surface area contributed by atoms with Crippen molar-refractivity contribution in [1.29, 1.82) is 0 Å². The number of carboxylic acid groups (broad SMARTS) is 1. The maximum Gasteiger partial charge on any atom is 0.407 e. The summed E-state index contributed by atoms with van der Waals surface area (Å²) in [6.45, 7) is 7.91. The number of nitrogens with zero attached hydrogens (tertiary/aromatic N) is 3. The summed E-state index contributed by atoms with van der Waals surface area (Å²) < 4.78 is 6.66. The molecule has 0 aliphatic heterocycles. The summed E-state index contributed by atoms with van der Waals surface area (Å²) in [7, 11) is 0. The molecule has 0 bridgehead atoms. The molecule has 0 saturated carbocycles. The van der Waals surface area contributed by atoms with E-state index in [0.29, 0.717) is 12.2 Å². The van der Waals surface area contributed by atoms with Gasteiger partial charge < -0.3 is 15.2 Å². The Bertz CT molecular complexity index is 539. The third kappa shape index (κ3) is 6.89. The second kappa shape index (κ2) is 8.76. The maximum absolute atomic E-state index is 11.7. The SMILES string of the molecule is CCSCCCn1nnc(C(=O)O)c1CNC(=O)OC(C)(C)C. The molecular formula is C14H24N4O4S. The number of aromatic carboxylic acids is 1. The Morgan fingerprint density at radius 3 is 2.65 bits per heavy atom. The number of hydrogen-bond donors (Lipinski definition) is 2. The number of aromatic nitrogens is 3. The zero-order valence-corrected chi connectivity index (χ0v) is 14.8. The van der Waals surface area contributed by atoms with Crippen LogP contribution in [0.1, 0.15) is 50.3 Å². The van der Waals surface area contributed by atoms with Crippen LogP contribution in [0.15, 0.2) is 0 Å². The van der Waals surface area contributed by atoms with E-state index in [9.17, 15) is 14.7 Å². The van der Waals surface area contributed by atoms with Crippen molar-refractivity contribution >= 4 is 23.8 Å². The van der Waals surface area contributed by atoms with Crippen molar-refractivity contribution in [2.24, 2.45) is 0 Å². The minimum Gasteiger partial charge on any atom is -0.476 e. The van der Waals surface area contributed by atoms with Crippen LogP contribution in [0.3, 0.4) is 0 Å². The highest BCUT2D eigenvalue weighted by Gasteiger charge is 2.21. The molecular weight excluding hydrogens is 320 g/mol. The molecule has 23 heavy (non-hydrogen) atoms. The van der Waals surface area contributed by atoms with Crippen LogP contribution in [0.2, 0.25) is 0 Å². The molecule has 1 heterocycles. The van der Waals surface area contributed by atoms with Gasteiger partial charge in [0, 0.05) is 6.54 Å². The monoisotopic (exact) mass is 344 g/mol. The van der Waals surface area contributed by atoms with Gasteiger partial charge in [0.25, 0.3) is 0 Å². The Balaban J connectivity index is 2.71. The van der Waals surface area contributed by atoms with E-state index < -0.39 is 17.7 Å². The zero-order valence-electron chi connectivity index (χ0n) is 14.0. The minimum absolute atomic E-state index is 0.00443. The number of carbonyl (C=O) groups is 2. The van der Waals surface area contributed by atoms with E-state index in [2.05, 4.69) is 22.6 Å². The molecule has 2 N–H and O–H groups in total. The van der Waals surface area contributed by atoms with Crippen LogP contribution in [-0.4, -0.2) is 49.3 Å². The lowest BCUT2D eigenvalue weighted by atomic mass is 10.2. The van der Waals surface area contributed by atoms with Gasteiger partial charge in [-0.05, 0) is 38.7 Å². The Kier molecular flexibility index (Phi) is 7.34. The standard InChI is InChI=1S/C14H24N4O4S/c1-5-23-8-6-7-18-10(11(12(19)20)16-17-18)9-15-13(21)22-14(2,3)4/h5-9H2,1-4H3,(H,15,21)(H,19,20). The van der Waals surface area contributed by atoms with Gasteiger partial charge in [-0.1, -0.05) is 12.1 Å². The minimum atomic E-state index is -1.17. The highest BCUT2D eigenvalue weighted by molar-refractivity contribution is 7.99. The number of ether oxygens (including phenoxy) is 1. The fraction of sp³-hybridized carbons (Fsp3) is 0.714. The van der Waals surface area contributed by atoms with E-state index in [4.69, 9.17) is 4.74 Å². The lowest BCUT2D eigenvalue weighted by Crippen LogP contribution is -2.33. The van der Waals surface area contributed by atoms with Crippen LogP contribution in [0, 0.1) is 0 Å². The molecule has 0 aliphatic rings. The summed E-state index contributed by atoms with van der Waals surface area (Å²) in [5.41, 5.74) is -0.399. The molecule has 0 spiro atoms. The van der Waals surface area contributed by atoms with E-state index in [1.54, 1.807) is 32.5 Å². The van der Waals surface area contributed by atoms with Gasteiger partial charge in [-0.25, -0.2) is 14.3 Å². The van der Waals surface area contributed by atoms with Crippen molar-refractivity contribution in [3.63, 3.8) is 0 Å². The summed E-state index contributed by atoms with van der Waals surface area (Å²) in [4.78, 5) is 22.9. The molecule has 0 fully saturated rings. The van der Waals surface area contributed by atoms with Gasteiger partial charge in [-0.2, -0.15) is 11.8 Å². The molecule has 130 valence electrons. The second-order valence-electron chi connectivity index (χ2n) is 5.82. The van der Waals surface area contributed by atoms with Gasteiger partial charge in [-0.3, -0.25) is 0 Å². The van der Waals surface area contributed by atoms with Crippen LogP contribution in [0.25, 0.3) is 0 Å². The van der Waals surface area contributed by atoms with Crippen LogP contribution >= 0.6 is 11.8 Å². The van der Waals surface area contributed by atoms with Gasteiger partial charge in [0.05, 0.1) is 12.2 Å². The molecule has 9 heteroatoms. The first-order valence-electron chi connectivity index (χ1n) is 7.45. The third-order valence-electron chi connectivity index (χ3n) is 2.70. The molecule has 0 unspecified atom stereocenters. The van der Waals surface area contributed by atoms with Gasteiger partial charge in [0.2, 0.25) is 0 Å². The maximum atomic E-state index is 11.7. The third-order valence-corrected chi connectivity index (χ3v) is 3.69. The molecule has 8 nitrogen and oxygen atoms in total. The van der Waals surface area contributed by atoms with Crippen molar-refractivity contribution in [3.05, 3.63) is 11.4 Å². The molecule has 1 aromatic rings. The molecule has 1 rings (SSSR count). The van der Waals surface area contributed by atoms with Crippen molar-refractivity contribution in [2.75, 3.05) is 11.5 Å². The Labute approximate surface area is 140 Å². The van der Waals surface area contributed by atoms with Crippen LogP contribution in [-0.2, 0) is 17.8 Å². The summed E-state index contributed by atoms with van der Waals surface area (Å²) in [5, 5.41) is 19.3. The topological polar surface area (TPSA) is 106 Å². The first-order chi connectivity index (χ1) is 10.7. The van der Waals surface area contributed by atoms with E-state index in [1.807, 2.05) is 0 Å². The van der Waals surface area contributed by atoms with Gasteiger partial charge >= 0.3 is 12.1 Å². The second-order valence-corrected chi connectivity index (χ2v) is 7.21. The largest absolute Gasteiger partial charge is 0.476 e. The number of amides is 1. The number of thioether (sulfide) groups is 1. The van der Waals surface area contributed by atoms with E-state index in [0.717, 1.165) is 17.9 Å². The summed E-state index contributed by atoms with van der Waals surface area (Å²) >= 11 is 1.80. The van der Waals surface area contributed by atoms with Gasteiger partial charge in [0.15, 0.2) is 5.69 Å². The Hall–Kier alpha value is -1.77. The molecule has 0 radical (unpaired) electrons. The smallest absolute Gasteiger partial charge is 0.407 e. The molecule has 1 amide bonds. The quantitative estimate of drug-likeness (QED) is 0.696. The van der Waals surface area contributed by atoms with Crippen molar-refractivity contribution < 1.29 is 19.4 Å². The van der Waals surface area contributed by atoms with Crippen LogP contribution in [0.5, 0.6) is 0 Å². The number of rotatable bonds is 8. The normalized spacial score (nSPS) is 11.3. The lowest BCUT2D eigenvalue weighted by Gasteiger charge is -2.19. The number of aryl methyl sites for hydroxylation is 1. The summed E-state index contributed by atoms with van der Waals surface area (Å²) in [6.07, 6.45) is 0.239. The number of carbonyl (C=O) groups excluding carboxylic acids is 1. The van der Waals surface area contributed by atoms with E-state index >= 15 is 0 Å². The van der Waals surface area contributed by atoms with Crippen molar-refractivity contribution in [1.82, 2.24) is 20.3 Å². The predicted octanol–water partition coefficient (Wildman–Crippen LogP) is 2.14.